The Kier molecular flexibility index (Phi) is 5.34. The van der Waals surface area contributed by atoms with Crippen LogP contribution in [0, 0.1) is 0 Å². The first-order chi connectivity index (χ1) is 11.9. The Bertz CT molecular complexity index is 715. The number of hydrogen-bond acceptors (Lipinski definition) is 4. The zero-order chi connectivity index (χ0) is 17.9. The summed E-state index contributed by atoms with van der Waals surface area (Å²) in [6.45, 7) is 2.35. The van der Waals surface area contributed by atoms with Gasteiger partial charge in [-0.25, -0.2) is 9.97 Å². The van der Waals surface area contributed by atoms with Gasteiger partial charge in [-0.2, -0.15) is 13.2 Å². The predicted molar refractivity (Wildman–Crippen MR) is 87.8 cm³/mol. The first-order valence-electron chi connectivity index (χ1n) is 8.21. The molecule has 1 aromatic carbocycles. The van der Waals surface area contributed by atoms with Gasteiger partial charge in [0.05, 0.1) is 6.10 Å². The summed E-state index contributed by atoms with van der Waals surface area (Å²) in [6.07, 6.45) is -0.901. The molecule has 4 nitrogen and oxygen atoms in total. The highest BCUT2D eigenvalue weighted by Crippen LogP contribution is 2.28. The molecule has 1 fully saturated rings. The Labute approximate surface area is 144 Å². The van der Waals surface area contributed by atoms with Crippen molar-refractivity contribution >= 4 is 0 Å². The van der Waals surface area contributed by atoms with Gasteiger partial charge < -0.3 is 4.74 Å². The van der Waals surface area contributed by atoms with E-state index >= 15 is 0 Å². The summed E-state index contributed by atoms with van der Waals surface area (Å²) in [7, 11) is 2.01. The fourth-order valence-electron chi connectivity index (χ4n) is 2.98. The fraction of sp³-hybridized carbons (Fsp3) is 0.444. The van der Waals surface area contributed by atoms with E-state index in [0.717, 1.165) is 43.8 Å². The molecule has 7 heteroatoms. The van der Waals surface area contributed by atoms with Crippen molar-refractivity contribution in [2.24, 2.45) is 0 Å². The second-order valence-electron chi connectivity index (χ2n) is 6.30. The molecular formula is C18H20F3N3O. The minimum Gasteiger partial charge on any atom is -0.377 e. The van der Waals surface area contributed by atoms with Gasteiger partial charge in [-0.1, -0.05) is 18.2 Å². The molecule has 0 N–H and O–H groups in total. The molecule has 1 unspecified atom stereocenters. The molecule has 1 aliphatic rings. The van der Waals surface area contributed by atoms with Crippen LogP contribution in [0.1, 0.15) is 24.1 Å². The largest absolute Gasteiger partial charge is 0.433 e. The van der Waals surface area contributed by atoms with Crippen molar-refractivity contribution in [3.8, 4) is 11.4 Å². The first kappa shape index (κ1) is 17.8. The summed E-state index contributed by atoms with van der Waals surface area (Å²) in [4.78, 5) is 9.78. The molecule has 134 valence electrons. The summed E-state index contributed by atoms with van der Waals surface area (Å²) in [5.41, 5.74) is 0.645. The van der Waals surface area contributed by atoms with Gasteiger partial charge in [0, 0.05) is 31.5 Å². The summed E-state index contributed by atoms with van der Waals surface area (Å²) < 4.78 is 44.1. The zero-order valence-electron chi connectivity index (χ0n) is 14.0. The highest BCUT2D eigenvalue weighted by molar-refractivity contribution is 5.56. The van der Waals surface area contributed by atoms with Crippen molar-refractivity contribution in [2.75, 3.05) is 20.2 Å². The van der Waals surface area contributed by atoms with Gasteiger partial charge in [-0.3, -0.25) is 4.90 Å². The molecule has 0 saturated carbocycles. The molecule has 25 heavy (non-hydrogen) atoms. The van der Waals surface area contributed by atoms with Crippen molar-refractivity contribution in [3.63, 3.8) is 0 Å². The first-order valence-corrected chi connectivity index (χ1v) is 8.21. The molecule has 3 rings (SSSR count). The van der Waals surface area contributed by atoms with E-state index in [0.29, 0.717) is 12.1 Å². The summed E-state index contributed by atoms with van der Waals surface area (Å²) in [6, 6.07) is 8.20. The monoisotopic (exact) mass is 351 g/mol. The van der Waals surface area contributed by atoms with Crippen LogP contribution in [0.5, 0.6) is 0 Å². The number of ether oxygens (including phenoxy) is 1. The number of hydrogen-bond donors (Lipinski definition) is 0. The molecule has 0 spiro atoms. The average molecular weight is 351 g/mol. The van der Waals surface area contributed by atoms with Crippen molar-refractivity contribution in [1.82, 2.24) is 14.9 Å². The van der Waals surface area contributed by atoms with Gasteiger partial charge in [0.15, 0.2) is 5.82 Å². The molecule has 1 aromatic heterocycles. The number of halogens is 3. The fourth-order valence-corrected chi connectivity index (χ4v) is 2.98. The van der Waals surface area contributed by atoms with E-state index in [9.17, 15) is 13.2 Å². The van der Waals surface area contributed by atoms with Crippen LogP contribution in [-0.2, 0) is 17.5 Å². The molecule has 0 radical (unpaired) electrons. The van der Waals surface area contributed by atoms with E-state index in [1.165, 1.54) is 0 Å². The van der Waals surface area contributed by atoms with Crippen molar-refractivity contribution < 1.29 is 17.9 Å². The number of alkyl halides is 3. The molecule has 1 aliphatic heterocycles. The molecule has 1 saturated heterocycles. The topological polar surface area (TPSA) is 38.2 Å². The van der Waals surface area contributed by atoms with Gasteiger partial charge in [0.2, 0.25) is 0 Å². The van der Waals surface area contributed by atoms with E-state index in [1.807, 2.05) is 25.2 Å². The molecule has 1 atom stereocenters. The second kappa shape index (κ2) is 7.49. The van der Waals surface area contributed by atoms with Crippen LogP contribution in [0.3, 0.4) is 0 Å². The Morgan fingerprint density at radius 2 is 2.12 bits per heavy atom. The third-order valence-electron chi connectivity index (χ3n) is 4.12. The van der Waals surface area contributed by atoms with E-state index in [4.69, 9.17) is 4.74 Å². The summed E-state index contributed by atoms with van der Waals surface area (Å²) in [5, 5.41) is 0. The van der Waals surface area contributed by atoms with Gasteiger partial charge in [0.25, 0.3) is 0 Å². The average Bonchev–Trinajstić information content (AvgIpc) is 3.07. The smallest absolute Gasteiger partial charge is 0.377 e. The van der Waals surface area contributed by atoms with Gasteiger partial charge in [-0.15, -0.1) is 0 Å². The van der Waals surface area contributed by atoms with Crippen LogP contribution < -0.4 is 0 Å². The van der Waals surface area contributed by atoms with Gasteiger partial charge in [0.1, 0.15) is 5.69 Å². The number of aromatic nitrogens is 2. The highest BCUT2D eigenvalue weighted by atomic mass is 19.4. The van der Waals surface area contributed by atoms with Gasteiger partial charge in [-0.05, 0) is 37.6 Å². The lowest BCUT2D eigenvalue weighted by atomic mass is 10.1. The Balaban J connectivity index is 1.73. The standard InChI is InChI=1S/C18H20F3N3O/c1-24(12-15-6-3-9-25-15)11-13-4-2-5-14(10-13)17-22-8-7-16(23-17)18(19,20)21/h2,4-5,7-8,10,15H,3,6,9,11-12H2,1H3. The van der Waals surface area contributed by atoms with Crippen LogP contribution in [0.25, 0.3) is 11.4 Å². The molecule has 2 heterocycles. The molecule has 2 aromatic rings. The van der Waals surface area contributed by atoms with Crippen LogP contribution in [-0.4, -0.2) is 41.2 Å². The minimum absolute atomic E-state index is 0.0819. The molecule has 0 amide bonds. The lowest BCUT2D eigenvalue weighted by molar-refractivity contribution is -0.141. The lowest BCUT2D eigenvalue weighted by Gasteiger charge is -2.20. The number of likely N-dealkylation sites (N-methyl/N-ethyl adjacent to an activating group) is 1. The third kappa shape index (κ3) is 4.76. The van der Waals surface area contributed by atoms with E-state index < -0.39 is 11.9 Å². The van der Waals surface area contributed by atoms with Crippen LogP contribution in [0.15, 0.2) is 36.5 Å². The normalized spacial score (nSPS) is 18.0. The summed E-state index contributed by atoms with van der Waals surface area (Å²) in [5.74, 6) is 0.0819. The Morgan fingerprint density at radius 3 is 2.84 bits per heavy atom. The maximum absolute atomic E-state index is 12.8. The van der Waals surface area contributed by atoms with Crippen molar-refractivity contribution in [2.45, 2.75) is 31.7 Å². The Morgan fingerprint density at radius 1 is 1.28 bits per heavy atom. The molecular weight excluding hydrogens is 331 g/mol. The number of rotatable bonds is 5. The van der Waals surface area contributed by atoms with Crippen LogP contribution >= 0.6 is 0 Å². The zero-order valence-corrected chi connectivity index (χ0v) is 14.0. The molecule has 0 bridgehead atoms. The van der Waals surface area contributed by atoms with E-state index in [1.54, 1.807) is 6.07 Å². The van der Waals surface area contributed by atoms with Crippen LogP contribution in [0.2, 0.25) is 0 Å². The quantitative estimate of drug-likeness (QED) is 0.822. The molecule has 0 aliphatic carbocycles. The maximum Gasteiger partial charge on any atom is 0.433 e. The maximum atomic E-state index is 12.8. The van der Waals surface area contributed by atoms with E-state index in [-0.39, 0.29) is 11.9 Å². The van der Waals surface area contributed by atoms with Crippen molar-refractivity contribution in [1.29, 1.82) is 0 Å². The SMILES string of the molecule is CN(Cc1cccc(-c2nccc(C(F)(F)F)n2)c1)CC1CCCO1. The number of benzene rings is 1. The van der Waals surface area contributed by atoms with Crippen LogP contribution in [0.4, 0.5) is 13.2 Å². The minimum atomic E-state index is -4.48. The second-order valence-corrected chi connectivity index (χ2v) is 6.30. The van der Waals surface area contributed by atoms with Gasteiger partial charge >= 0.3 is 6.18 Å². The highest BCUT2D eigenvalue weighted by Gasteiger charge is 2.32. The van der Waals surface area contributed by atoms with Crippen molar-refractivity contribution in [3.05, 3.63) is 47.8 Å². The lowest BCUT2D eigenvalue weighted by Crippen LogP contribution is -2.28. The van der Waals surface area contributed by atoms with E-state index in [2.05, 4.69) is 14.9 Å². The number of nitrogens with zero attached hydrogens (tertiary/aromatic N) is 3. The third-order valence-corrected chi connectivity index (χ3v) is 4.12. The predicted octanol–water partition coefficient (Wildman–Crippen LogP) is 3.77. The summed E-state index contributed by atoms with van der Waals surface area (Å²) >= 11 is 0. The Hall–Kier alpha value is -1.99.